The van der Waals surface area contributed by atoms with Crippen LogP contribution in [0, 0.1) is 6.92 Å². The molecular weight excluding hydrogens is 418 g/mol. The molecule has 0 aliphatic heterocycles. The molecule has 3 aromatic rings. The Morgan fingerprint density at radius 1 is 1.06 bits per heavy atom. The first-order valence-electron chi connectivity index (χ1n) is 10.1. The summed E-state index contributed by atoms with van der Waals surface area (Å²) in [6.45, 7) is 7.18. The van der Waals surface area contributed by atoms with E-state index in [0.29, 0.717) is 41.1 Å². The number of Topliss-reactive ketones (excluding diaryl/α,β-unsaturated/α-hetero) is 1. The minimum Gasteiger partial charge on any atom is -0.494 e. The third-order valence-corrected chi connectivity index (χ3v) is 6.56. The Labute approximate surface area is 181 Å². The largest absolute Gasteiger partial charge is 0.494 e. The van der Waals surface area contributed by atoms with Gasteiger partial charge < -0.3 is 9.15 Å². The monoisotopic (exact) mass is 443 g/mol. The molecule has 31 heavy (non-hydrogen) atoms. The summed E-state index contributed by atoms with van der Waals surface area (Å²) in [7, 11) is -4.19. The maximum atomic E-state index is 13.5. The molecule has 2 aromatic carbocycles. The Hall–Kier alpha value is -3.13. The molecule has 0 bridgehead atoms. The van der Waals surface area contributed by atoms with Crippen molar-refractivity contribution in [2.75, 3.05) is 10.9 Å². The Balaban J connectivity index is 2.16. The Kier molecular flexibility index (Phi) is 6.50. The number of nitrogens with zero attached hydrogens (tertiary/aromatic N) is 1. The van der Waals surface area contributed by atoms with E-state index in [0.717, 1.165) is 4.31 Å². The van der Waals surface area contributed by atoms with Crippen LogP contribution in [0.4, 0.5) is 5.69 Å². The van der Waals surface area contributed by atoms with E-state index >= 15 is 0 Å². The number of benzene rings is 2. The third kappa shape index (κ3) is 4.34. The lowest BCUT2D eigenvalue weighted by Gasteiger charge is -2.23. The normalized spacial score (nSPS) is 11.5. The first-order valence-corrected chi connectivity index (χ1v) is 11.5. The highest BCUT2D eigenvalue weighted by atomic mass is 32.2. The van der Waals surface area contributed by atoms with E-state index in [9.17, 15) is 18.0 Å². The summed E-state index contributed by atoms with van der Waals surface area (Å²) in [6.07, 6.45) is 0.540. The maximum absolute atomic E-state index is 13.5. The van der Waals surface area contributed by atoms with E-state index in [2.05, 4.69) is 0 Å². The van der Waals surface area contributed by atoms with Crippen LogP contribution in [-0.4, -0.2) is 26.7 Å². The van der Waals surface area contributed by atoms with Crippen molar-refractivity contribution in [3.8, 4) is 5.75 Å². The lowest BCUT2D eigenvalue weighted by Crippen LogP contribution is -2.36. The molecule has 0 aliphatic rings. The molecule has 0 spiro atoms. The summed E-state index contributed by atoms with van der Waals surface area (Å²) in [4.78, 5) is 25.0. The molecule has 1 amide bonds. The number of amides is 1. The highest BCUT2D eigenvalue weighted by Gasteiger charge is 2.31. The van der Waals surface area contributed by atoms with Crippen LogP contribution < -0.4 is 9.04 Å². The highest BCUT2D eigenvalue weighted by molar-refractivity contribution is 7.93. The van der Waals surface area contributed by atoms with E-state index in [4.69, 9.17) is 9.15 Å². The van der Waals surface area contributed by atoms with Gasteiger partial charge in [-0.1, -0.05) is 6.92 Å². The fourth-order valence-electron chi connectivity index (χ4n) is 3.48. The molecule has 7 nitrogen and oxygen atoms in total. The van der Waals surface area contributed by atoms with Crippen molar-refractivity contribution in [3.63, 3.8) is 0 Å². The zero-order chi connectivity index (χ0) is 22.8. The molecule has 0 atom stereocenters. The summed E-state index contributed by atoms with van der Waals surface area (Å²) < 4.78 is 38.7. The molecule has 0 radical (unpaired) electrons. The lowest BCUT2D eigenvalue weighted by atomic mass is 10.1. The first kappa shape index (κ1) is 22.6. The van der Waals surface area contributed by atoms with Gasteiger partial charge in [0.1, 0.15) is 17.1 Å². The number of ether oxygens (including phenoxy) is 1. The van der Waals surface area contributed by atoms with E-state index < -0.39 is 15.9 Å². The van der Waals surface area contributed by atoms with Crippen molar-refractivity contribution < 1.29 is 27.2 Å². The Morgan fingerprint density at radius 2 is 1.74 bits per heavy atom. The molecule has 0 unspecified atom stereocenters. The van der Waals surface area contributed by atoms with Crippen LogP contribution in [0.3, 0.4) is 0 Å². The van der Waals surface area contributed by atoms with Crippen LogP contribution in [0.2, 0.25) is 0 Å². The predicted molar refractivity (Wildman–Crippen MR) is 118 cm³/mol. The second-order valence-corrected chi connectivity index (χ2v) is 8.87. The fraction of sp³-hybridized carbons (Fsp3) is 0.304. The second-order valence-electron chi connectivity index (χ2n) is 7.09. The number of sulfonamides is 1. The van der Waals surface area contributed by atoms with Crippen LogP contribution in [0.15, 0.2) is 51.8 Å². The van der Waals surface area contributed by atoms with E-state index in [1.807, 2.05) is 6.92 Å². The van der Waals surface area contributed by atoms with Gasteiger partial charge in [0.05, 0.1) is 22.8 Å². The molecule has 0 aliphatic carbocycles. The first-order chi connectivity index (χ1) is 14.7. The number of furan rings is 1. The second kappa shape index (κ2) is 8.93. The number of carbonyl (C=O) groups excluding carboxylic acids is 2. The summed E-state index contributed by atoms with van der Waals surface area (Å²) in [6, 6.07) is 10.5. The lowest BCUT2D eigenvalue weighted by molar-refractivity contribution is -0.117. The summed E-state index contributed by atoms with van der Waals surface area (Å²) in [5, 5.41) is 0.471. The molecule has 0 fully saturated rings. The van der Waals surface area contributed by atoms with Crippen molar-refractivity contribution in [2.24, 2.45) is 0 Å². The summed E-state index contributed by atoms with van der Waals surface area (Å²) in [5.41, 5.74) is 0.981. The van der Waals surface area contributed by atoms with Gasteiger partial charge in [0.25, 0.3) is 10.0 Å². The Morgan fingerprint density at radius 3 is 2.32 bits per heavy atom. The molecule has 1 aromatic heterocycles. The van der Waals surface area contributed by atoms with Gasteiger partial charge in [-0.05, 0) is 69.7 Å². The van der Waals surface area contributed by atoms with Crippen LogP contribution in [0.1, 0.15) is 49.7 Å². The van der Waals surface area contributed by atoms with Crippen molar-refractivity contribution in [3.05, 3.63) is 53.8 Å². The van der Waals surface area contributed by atoms with Crippen LogP contribution >= 0.6 is 0 Å². The van der Waals surface area contributed by atoms with Crippen LogP contribution in [0.5, 0.6) is 5.75 Å². The van der Waals surface area contributed by atoms with Gasteiger partial charge in [0.2, 0.25) is 5.91 Å². The maximum Gasteiger partial charge on any atom is 0.270 e. The van der Waals surface area contributed by atoms with E-state index in [1.54, 1.807) is 32.0 Å². The molecule has 164 valence electrons. The smallest absolute Gasteiger partial charge is 0.270 e. The summed E-state index contributed by atoms with van der Waals surface area (Å²) in [5.74, 6) is 0.226. The van der Waals surface area contributed by atoms with Gasteiger partial charge in [-0.3, -0.25) is 9.59 Å². The quantitative estimate of drug-likeness (QED) is 0.461. The topological polar surface area (TPSA) is 93.9 Å². The standard InChI is InChI=1S/C23H25NO6S/c1-5-7-22(26)24(31(27,28)19-11-9-18(10-12-19)29-6-2)17-8-13-21-20(14-17)23(15(3)25)16(4)30-21/h8-14H,5-7H2,1-4H3. The fourth-order valence-corrected chi connectivity index (χ4v) is 4.93. The molecule has 0 N–H and O–H groups in total. The van der Waals surface area contributed by atoms with Gasteiger partial charge >= 0.3 is 0 Å². The van der Waals surface area contributed by atoms with Crippen molar-refractivity contribution >= 4 is 38.4 Å². The van der Waals surface area contributed by atoms with Gasteiger partial charge in [-0.2, -0.15) is 0 Å². The van der Waals surface area contributed by atoms with Crippen molar-refractivity contribution in [1.29, 1.82) is 0 Å². The molecule has 3 rings (SSSR count). The average molecular weight is 444 g/mol. The van der Waals surface area contributed by atoms with Crippen LogP contribution in [-0.2, 0) is 14.8 Å². The predicted octanol–water partition coefficient (Wildman–Crippen LogP) is 4.86. The molecular formula is C23H25NO6S. The molecule has 0 saturated heterocycles. The molecule has 8 heteroatoms. The number of aryl methyl sites for hydroxylation is 1. The van der Waals surface area contributed by atoms with Gasteiger partial charge in [0, 0.05) is 11.8 Å². The van der Waals surface area contributed by atoms with E-state index in [-0.39, 0.29) is 22.8 Å². The molecule has 0 saturated carbocycles. The van der Waals surface area contributed by atoms with Gasteiger partial charge in [0.15, 0.2) is 5.78 Å². The van der Waals surface area contributed by atoms with Gasteiger partial charge in [-0.25, -0.2) is 12.7 Å². The van der Waals surface area contributed by atoms with Crippen molar-refractivity contribution in [1.82, 2.24) is 0 Å². The molecule has 1 heterocycles. The number of hydrogen-bond acceptors (Lipinski definition) is 6. The zero-order valence-electron chi connectivity index (χ0n) is 18.0. The van der Waals surface area contributed by atoms with Crippen molar-refractivity contribution in [2.45, 2.75) is 45.4 Å². The minimum absolute atomic E-state index is 0.0318. The minimum atomic E-state index is -4.19. The number of hydrogen-bond donors (Lipinski definition) is 0. The number of ketones is 1. The number of rotatable bonds is 8. The Bertz CT molecular complexity index is 1220. The van der Waals surface area contributed by atoms with Gasteiger partial charge in [-0.15, -0.1) is 0 Å². The third-order valence-electron chi connectivity index (χ3n) is 4.80. The van der Waals surface area contributed by atoms with Crippen LogP contribution in [0.25, 0.3) is 11.0 Å². The SMILES string of the molecule is CCCC(=O)N(c1ccc2oc(C)c(C(C)=O)c2c1)S(=O)(=O)c1ccc(OCC)cc1. The number of carbonyl (C=O) groups is 2. The summed E-state index contributed by atoms with van der Waals surface area (Å²) >= 11 is 0. The highest BCUT2D eigenvalue weighted by Crippen LogP contribution is 2.33. The zero-order valence-corrected chi connectivity index (χ0v) is 18.8. The number of anilines is 1. The average Bonchev–Trinajstić information content (AvgIpc) is 3.04. The number of fused-ring (bicyclic) bond motifs is 1. The van der Waals surface area contributed by atoms with E-state index in [1.165, 1.54) is 31.2 Å².